The lowest BCUT2D eigenvalue weighted by atomic mass is 9.97. The van der Waals surface area contributed by atoms with E-state index in [1.165, 1.54) is 0 Å². The Bertz CT molecular complexity index is 1150. The number of rotatable bonds is 6. The zero-order valence-electron chi connectivity index (χ0n) is 16.2. The monoisotopic (exact) mass is 480 g/mol. The minimum Gasteiger partial charge on any atom is -0.497 e. The van der Waals surface area contributed by atoms with E-state index in [1.807, 2.05) is 42.5 Å². The molecule has 0 unspecified atom stereocenters. The van der Waals surface area contributed by atoms with E-state index in [2.05, 4.69) is 21.2 Å². The Labute approximate surface area is 188 Å². The largest absolute Gasteiger partial charge is 0.497 e. The number of carbonyl (C=O) groups is 1. The minimum absolute atomic E-state index is 0.00600. The van der Waals surface area contributed by atoms with Crippen molar-refractivity contribution in [1.29, 1.82) is 5.26 Å². The molecule has 0 aromatic heterocycles. The van der Waals surface area contributed by atoms with Gasteiger partial charge in [0.2, 0.25) is 0 Å². The van der Waals surface area contributed by atoms with Gasteiger partial charge >= 0.3 is 0 Å². The first kappa shape index (κ1) is 21.6. The van der Waals surface area contributed by atoms with E-state index >= 15 is 0 Å². The van der Waals surface area contributed by atoms with E-state index in [4.69, 9.17) is 16.3 Å². The molecule has 30 heavy (non-hydrogen) atoms. The minimum atomic E-state index is -0.498. The first-order valence-electron chi connectivity index (χ1n) is 9.09. The predicted octanol–water partition coefficient (Wildman–Crippen LogP) is 6.25. The van der Waals surface area contributed by atoms with Gasteiger partial charge in [-0.1, -0.05) is 57.9 Å². The second-order valence-corrected chi connectivity index (χ2v) is 7.76. The van der Waals surface area contributed by atoms with Gasteiger partial charge in [0.1, 0.15) is 17.4 Å². The summed E-state index contributed by atoms with van der Waals surface area (Å²) in [4.78, 5) is 12.6. The maximum absolute atomic E-state index is 12.6. The molecule has 3 aromatic rings. The Morgan fingerprint density at radius 3 is 2.63 bits per heavy atom. The van der Waals surface area contributed by atoms with Crippen LogP contribution in [0.15, 0.2) is 76.8 Å². The summed E-state index contributed by atoms with van der Waals surface area (Å²) in [7, 11) is 1.60. The summed E-state index contributed by atoms with van der Waals surface area (Å²) < 4.78 is 6.35. The van der Waals surface area contributed by atoms with Gasteiger partial charge in [-0.15, -0.1) is 0 Å². The SMILES string of the molecule is COc1ccc(/C=C(\C#N)C(=O)Nc2cccc(Cl)c2)c(Cc2ccccc2Br)c1. The zero-order chi connectivity index (χ0) is 21.5. The van der Waals surface area contributed by atoms with Gasteiger partial charge in [0.15, 0.2) is 0 Å². The molecule has 3 aromatic carbocycles. The lowest BCUT2D eigenvalue weighted by molar-refractivity contribution is -0.112. The van der Waals surface area contributed by atoms with Crippen molar-refractivity contribution in [2.24, 2.45) is 0 Å². The van der Waals surface area contributed by atoms with Crippen molar-refractivity contribution >= 4 is 45.2 Å². The first-order chi connectivity index (χ1) is 14.5. The Hall–Kier alpha value is -3.07. The van der Waals surface area contributed by atoms with Crippen LogP contribution in [0.25, 0.3) is 6.08 Å². The van der Waals surface area contributed by atoms with Gasteiger partial charge in [-0.2, -0.15) is 5.26 Å². The van der Waals surface area contributed by atoms with Crippen LogP contribution in [0.1, 0.15) is 16.7 Å². The van der Waals surface area contributed by atoms with Crippen LogP contribution >= 0.6 is 27.5 Å². The Morgan fingerprint density at radius 2 is 1.93 bits per heavy atom. The average molecular weight is 482 g/mol. The second kappa shape index (κ2) is 10.1. The molecule has 0 aliphatic carbocycles. The number of nitrogens with one attached hydrogen (secondary N) is 1. The van der Waals surface area contributed by atoms with Crippen molar-refractivity contribution in [3.63, 3.8) is 0 Å². The molecule has 0 bridgehead atoms. The molecule has 0 aliphatic rings. The fraction of sp³-hybridized carbons (Fsp3) is 0.0833. The van der Waals surface area contributed by atoms with E-state index in [1.54, 1.807) is 43.5 Å². The third-order valence-corrected chi connectivity index (χ3v) is 5.44. The molecule has 4 nitrogen and oxygen atoms in total. The molecule has 0 atom stereocenters. The highest BCUT2D eigenvalue weighted by Crippen LogP contribution is 2.26. The Balaban J connectivity index is 1.94. The summed E-state index contributed by atoms with van der Waals surface area (Å²) in [6, 6.07) is 22.2. The number of halogens is 2. The van der Waals surface area contributed by atoms with E-state index < -0.39 is 5.91 Å². The normalized spacial score (nSPS) is 10.9. The van der Waals surface area contributed by atoms with Crippen molar-refractivity contribution in [2.75, 3.05) is 12.4 Å². The molecule has 1 N–H and O–H groups in total. The highest BCUT2D eigenvalue weighted by atomic mass is 79.9. The third kappa shape index (κ3) is 5.50. The van der Waals surface area contributed by atoms with Crippen LogP contribution in [-0.4, -0.2) is 13.0 Å². The molecule has 3 rings (SSSR count). The quantitative estimate of drug-likeness (QED) is 0.334. The summed E-state index contributed by atoms with van der Waals surface area (Å²) in [5.41, 5.74) is 3.31. The number of amides is 1. The van der Waals surface area contributed by atoms with Crippen LogP contribution in [0, 0.1) is 11.3 Å². The number of benzene rings is 3. The van der Waals surface area contributed by atoms with Crippen LogP contribution in [0.4, 0.5) is 5.69 Å². The fourth-order valence-electron chi connectivity index (χ4n) is 2.92. The van der Waals surface area contributed by atoms with Crippen LogP contribution in [0.2, 0.25) is 5.02 Å². The summed E-state index contributed by atoms with van der Waals surface area (Å²) in [5.74, 6) is 0.207. The van der Waals surface area contributed by atoms with Crippen molar-refractivity contribution in [3.05, 3.63) is 98.5 Å². The van der Waals surface area contributed by atoms with Crippen molar-refractivity contribution in [1.82, 2.24) is 0 Å². The average Bonchev–Trinajstić information content (AvgIpc) is 2.74. The predicted molar refractivity (Wildman–Crippen MR) is 124 cm³/mol. The van der Waals surface area contributed by atoms with Gasteiger partial charge in [0.25, 0.3) is 5.91 Å². The number of methoxy groups -OCH3 is 1. The van der Waals surface area contributed by atoms with Gasteiger partial charge in [-0.05, 0) is 65.6 Å². The molecule has 0 aliphatic heterocycles. The summed E-state index contributed by atoms with van der Waals surface area (Å²) >= 11 is 9.53. The molecular formula is C24H18BrClN2O2. The van der Waals surface area contributed by atoms with Crippen LogP contribution < -0.4 is 10.1 Å². The highest BCUT2D eigenvalue weighted by molar-refractivity contribution is 9.10. The summed E-state index contributed by atoms with van der Waals surface area (Å²) in [5, 5.41) is 12.8. The van der Waals surface area contributed by atoms with Gasteiger partial charge in [0, 0.05) is 15.2 Å². The molecule has 0 spiro atoms. The number of hydrogen-bond acceptors (Lipinski definition) is 3. The third-order valence-electron chi connectivity index (χ3n) is 4.44. The molecule has 6 heteroatoms. The number of anilines is 1. The van der Waals surface area contributed by atoms with E-state index in [0.717, 1.165) is 21.2 Å². The number of ether oxygens (including phenoxy) is 1. The first-order valence-corrected chi connectivity index (χ1v) is 10.3. The summed E-state index contributed by atoms with van der Waals surface area (Å²) in [6.07, 6.45) is 2.20. The van der Waals surface area contributed by atoms with E-state index in [9.17, 15) is 10.1 Å². The van der Waals surface area contributed by atoms with Crippen LogP contribution in [0.5, 0.6) is 5.75 Å². The zero-order valence-corrected chi connectivity index (χ0v) is 18.5. The topological polar surface area (TPSA) is 62.1 Å². The van der Waals surface area contributed by atoms with Crippen molar-refractivity contribution in [3.8, 4) is 11.8 Å². The number of hydrogen-bond donors (Lipinski definition) is 1. The molecule has 0 radical (unpaired) electrons. The van der Waals surface area contributed by atoms with Crippen LogP contribution in [0.3, 0.4) is 0 Å². The maximum atomic E-state index is 12.6. The van der Waals surface area contributed by atoms with Crippen molar-refractivity contribution < 1.29 is 9.53 Å². The Kier molecular flexibility index (Phi) is 7.29. The van der Waals surface area contributed by atoms with Gasteiger partial charge in [-0.25, -0.2) is 0 Å². The lowest BCUT2D eigenvalue weighted by Gasteiger charge is -2.11. The lowest BCUT2D eigenvalue weighted by Crippen LogP contribution is -2.13. The highest BCUT2D eigenvalue weighted by Gasteiger charge is 2.13. The number of nitrogens with zero attached hydrogens (tertiary/aromatic N) is 1. The van der Waals surface area contributed by atoms with Gasteiger partial charge in [-0.3, -0.25) is 4.79 Å². The number of carbonyl (C=O) groups excluding carboxylic acids is 1. The molecule has 0 saturated heterocycles. The standard InChI is InChI=1S/C24H18BrClN2O2/c1-30-22-10-9-16(18(13-22)12-17-5-2-3-8-23(17)25)11-19(15-27)24(29)28-21-7-4-6-20(26)14-21/h2-11,13-14H,12H2,1H3,(H,28,29)/b19-11+. The van der Waals surface area contributed by atoms with Crippen LogP contribution in [-0.2, 0) is 11.2 Å². The summed E-state index contributed by atoms with van der Waals surface area (Å²) in [6.45, 7) is 0. The van der Waals surface area contributed by atoms with Gasteiger partial charge < -0.3 is 10.1 Å². The Morgan fingerprint density at radius 1 is 1.13 bits per heavy atom. The maximum Gasteiger partial charge on any atom is 0.266 e. The van der Waals surface area contributed by atoms with E-state index in [0.29, 0.717) is 22.9 Å². The molecule has 150 valence electrons. The smallest absolute Gasteiger partial charge is 0.266 e. The van der Waals surface area contributed by atoms with E-state index in [-0.39, 0.29) is 5.57 Å². The molecule has 1 amide bonds. The van der Waals surface area contributed by atoms with Crippen molar-refractivity contribution in [2.45, 2.75) is 6.42 Å². The second-order valence-electron chi connectivity index (χ2n) is 6.47. The molecule has 0 heterocycles. The van der Waals surface area contributed by atoms with Gasteiger partial charge in [0.05, 0.1) is 7.11 Å². The number of nitriles is 1. The molecular weight excluding hydrogens is 464 g/mol. The fourth-order valence-corrected chi connectivity index (χ4v) is 3.53. The molecule has 0 fully saturated rings. The molecule has 0 saturated carbocycles.